The Morgan fingerprint density at radius 1 is 1.13 bits per heavy atom. The van der Waals surface area contributed by atoms with Crippen LogP contribution in [0.1, 0.15) is 11.1 Å². The first-order valence-corrected chi connectivity index (χ1v) is 7.21. The molecule has 2 aromatic carbocycles. The number of hydrogen-bond donors (Lipinski definition) is 2. The topological polar surface area (TPSA) is 41.1 Å². The van der Waals surface area contributed by atoms with Crippen molar-refractivity contribution in [3.05, 3.63) is 63.9 Å². The molecule has 0 unspecified atom stereocenters. The Labute approximate surface area is 137 Å². The van der Waals surface area contributed by atoms with Crippen LogP contribution in [0.4, 0.5) is 28.0 Å². The van der Waals surface area contributed by atoms with E-state index in [4.69, 9.17) is 0 Å². The average Bonchev–Trinajstić information content (AvgIpc) is 2.47. The second kappa shape index (κ2) is 6.99. The Morgan fingerprint density at radius 2 is 1.83 bits per heavy atom. The summed E-state index contributed by atoms with van der Waals surface area (Å²) in [4.78, 5) is 11.7. The molecule has 2 amide bonds. The Bertz CT molecular complexity index is 719. The van der Waals surface area contributed by atoms with E-state index in [1.165, 1.54) is 0 Å². The van der Waals surface area contributed by atoms with Gasteiger partial charge in [-0.05, 0) is 46.3 Å². The fraction of sp³-hybridized carbons (Fsp3) is 0.133. The third-order valence-corrected chi connectivity index (χ3v) is 3.63. The van der Waals surface area contributed by atoms with Crippen molar-refractivity contribution in [3.63, 3.8) is 0 Å². The number of carbonyl (C=O) groups excluding carboxylic acids is 1. The number of urea groups is 1. The van der Waals surface area contributed by atoms with Gasteiger partial charge in [-0.2, -0.15) is 13.2 Å². The first-order valence-electron chi connectivity index (χ1n) is 6.42. The lowest BCUT2D eigenvalue weighted by Gasteiger charge is -2.12. The van der Waals surface area contributed by atoms with E-state index < -0.39 is 23.6 Å². The van der Waals surface area contributed by atoms with Gasteiger partial charge in [-0.15, -0.1) is 0 Å². The highest BCUT2D eigenvalue weighted by Crippen LogP contribution is 2.30. The summed E-state index contributed by atoms with van der Waals surface area (Å²) in [7, 11) is 0. The molecule has 2 N–H and O–H groups in total. The summed E-state index contributed by atoms with van der Waals surface area (Å²) >= 11 is 3.24. The molecule has 0 aromatic heterocycles. The fourth-order valence-electron chi connectivity index (χ4n) is 1.79. The molecule has 0 saturated heterocycles. The van der Waals surface area contributed by atoms with Gasteiger partial charge in [0.15, 0.2) is 0 Å². The van der Waals surface area contributed by atoms with Crippen LogP contribution in [0.25, 0.3) is 0 Å². The van der Waals surface area contributed by atoms with Crippen LogP contribution < -0.4 is 10.6 Å². The largest absolute Gasteiger partial charge is 0.416 e. The molecule has 0 radical (unpaired) electrons. The van der Waals surface area contributed by atoms with E-state index in [0.29, 0.717) is 22.3 Å². The molecule has 0 aliphatic heterocycles. The standard InChI is InChI=1S/C15H11BrF4N2O/c16-11-3-1-2-4-13(11)22-14(23)21-8-9-7-10(15(18,19)20)5-6-12(9)17/h1-7H,8H2,(H2,21,22,23). The molecule has 2 rings (SSSR count). The maximum atomic E-state index is 13.6. The quantitative estimate of drug-likeness (QED) is 0.716. The van der Waals surface area contributed by atoms with Crippen molar-refractivity contribution in [3.8, 4) is 0 Å². The van der Waals surface area contributed by atoms with Crippen LogP contribution >= 0.6 is 15.9 Å². The number of para-hydroxylation sites is 1. The van der Waals surface area contributed by atoms with Gasteiger partial charge in [0.1, 0.15) is 5.82 Å². The van der Waals surface area contributed by atoms with Gasteiger partial charge >= 0.3 is 12.2 Å². The van der Waals surface area contributed by atoms with E-state index in [-0.39, 0.29) is 12.1 Å². The summed E-state index contributed by atoms with van der Waals surface area (Å²) < 4.78 is 52.0. The van der Waals surface area contributed by atoms with Gasteiger partial charge in [0.2, 0.25) is 0 Å². The van der Waals surface area contributed by atoms with Gasteiger partial charge in [-0.3, -0.25) is 0 Å². The molecule has 122 valence electrons. The lowest BCUT2D eigenvalue weighted by molar-refractivity contribution is -0.137. The van der Waals surface area contributed by atoms with Crippen LogP contribution in [0.15, 0.2) is 46.9 Å². The highest BCUT2D eigenvalue weighted by Gasteiger charge is 2.31. The van der Waals surface area contributed by atoms with Crippen molar-refractivity contribution in [1.82, 2.24) is 5.32 Å². The molecule has 23 heavy (non-hydrogen) atoms. The zero-order valence-electron chi connectivity index (χ0n) is 11.5. The van der Waals surface area contributed by atoms with Gasteiger partial charge in [-0.25, -0.2) is 9.18 Å². The van der Waals surface area contributed by atoms with E-state index in [1.54, 1.807) is 24.3 Å². The van der Waals surface area contributed by atoms with Crippen LogP contribution in [0.2, 0.25) is 0 Å². The van der Waals surface area contributed by atoms with Gasteiger partial charge < -0.3 is 10.6 Å². The third kappa shape index (κ3) is 4.69. The number of alkyl halides is 3. The molecular weight excluding hydrogens is 380 g/mol. The second-order valence-corrected chi connectivity index (χ2v) is 5.45. The van der Waals surface area contributed by atoms with Crippen molar-refractivity contribution < 1.29 is 22.4 Å². The number of amides is 2. The maximum absolute atomic E-state index is 13.6. The van der Waals surface area contributed by atoms with E-state index in [9.17, 15) is 22.4 Å². The summed E-state index contributed by atoms with van der Waals surface area (Å²) in [6.45, 7) is -0.369. The normalized spacial score (nSPS) is 11.2. The number of anilines is 1. The molecular formula is C15H11BrF4N2O. The predicted octanol–water partition coefficient (Wildman–Crippen LogP) is 4.93. The molecule has 8 heteroatoms. The van der Waals surface area contributed by atoms with Crippen LogP contribution in [-0.2, 0) is 12.7 Å². The zero-order valence-corrected chi connectivity index (χ0v) is 13.1. The number of hydrogen-bond acceptors (Lipinski definition) is 1. The SMILES string of the molecule is O=C(NCc1cc(C(F)(F)F)ccc1F)Nc1ccccc1Br. The van der Waals surface area contributed by atoms with Gasteiger partial charge in [0.25, 0.3) is 0 Å². The molecule has 0 aliphatic rings. The Morgan fingerprint density at radius 3 is 2.48 bits per heavy atom. The Kier molecular flexibility index (Phi) is 5.25. The molecule has 0 atom stereocenters. The number of benzene rings is 2. The predicted molar refractivity (Wildman–Crippen MR) is 81.4 cm³/mol. The maximum Gasteiger partial charge on any atom is 0.416 e. The summed E-state index contributed by atoms with van der Waals surface area (Å²) in [5.41, 5.74) is -0.737. The number of carbonyl (C=O) groups is 1. The first-order chi connectivity index (χ1) is 10.8. The molecule has 3 nitrogen and oxygen atoms in total. The van der Waals surface area contributed by atoms with Crippen LogP contribution in [0.3, 0.4) is 0 Å². The molecule has 0 fully saturated rings. The lowest BCUT2D eigenvalue weighted by atomic mass is 10.1. The number of rotatable bonds is 3. The lowest BCUT2D eigenvalue weighted by Crippen LogP contribution is -2.28. The minimum Gasteiger partial charge on any atom is -0.334 e. The van der Waals surface area contributed by atoms with Crippen molar-refractivity contribution >= 4 is 27.6 Å². The smallest absolute Gasteiger partial charge is 0.334 e. The van der Waals surface area contributed by atoms with Crippen LogP contribution in [-0.4, -0.2) is 6.03 Å². The van der Waals surface area contributed by atoms with Gasteiger partial charge in [0, 0.05) is 16.6 Å². The third-order valence-electron chi connectivity index (χ3n) is 2.93. The molecule has 0 saturated carbocycles. The van der Waals surface area contributed by atoms with Crippen molar-refractivity contribution in [2.24, 2.45) is 0 Å². The van der Waals surface area contributed by atoms with E-state index >= 15 is 0 Å². The van der Waals surface area contributed by atoms with Gasteiger partial charge in [-0.1, -0.05) is 12.1 Å². The molecule has 0 aliphatic carbocycles. The molecule has 2 aromatic rings. The van der Waals surface area contributed by atoms with Crippen molar-refractivity contribution in [2.75, 3.05) is 5.32 Å². The van der Waals surface area contributed by atoms with Crippen LogP contribution in [0.5, 0.6) is 0 Å². The van der Waals surface area contributed by atoms with Crippen molar-refractivity contribution in [2.45, 2.75) is 12.7 Å². The first kappa shape index (κ1) is 17.3. The number of nitrogens with one attached hydrogen (secondary N) is 2. The van der Waals surface area contributed by atoms with E-state index in [2.05, 4.69) is 26.6 Å². The van der Waals surface area contributed by atoms with Gasteiger partial charge in [0.05, 0.1) is 11.3 Å². The van der Waals surface area contributed by atoms with E-state index in [1.807, 2.05) is 0 Å². The second-order valence-electron chi connectivity index (χ2n) is 4.59. The summed E-state index contributed by atoms with van der Waals surface area (Å²) in [5, 5.41) is 4.82. The highest BCUT2D eigenvalue weighted by molar-refractivity contribution is 9.10. The molecule has 0 bridgehead atoms. The molecule has 0 heterocycles. The highest BCUT2D eigenvalue weighted by atomic mass is 79.9. The minimum absolute atomic E-state index is 0.248. The van der Waals surface area contributed by atoms with E-state index in [0.717, 1.165) is 6.07 Å². The molecule has 0 spiro atoms. The monoisotopic (exact) mass is 390 g/mol. The summed E-state index contributed by atoms with van der Waals surface area (Å²) in [6.07, 6.45) is -4.57. The minimum atomic E-state index is -4.57. The Balaban J connectivity index is 2.03. The van der Waals surface area contributed by atoms with Crippen molar-refractivity contribution in [1.29, 1.82) is 0 Å². The summed E-state index contributed by atoms with van der Waals surface area (Å²) in [6, 6.07) is 8.20. The number of halogens is 5. The average molecular weight is 391 g/mol. The van der Waals surface area contributed by atoms with Crippen LogP contribution in [0, 0.1) is 5.82 Å². The summed E-state index contributed by atoms with van der Waals surface area (Å²) in [5.74, 6) is -0.820. The zero-order chi connectivity index (χ0) is 17.0. The Hall–Kier alpha value is -2.09. The fourth-order valence-corrected chi connectivity index (χ4v) is 2.18.